The molecule has 0 saturated heterocycles. The van der Waals surface area contributed by atoms with Crippen LogP contribution in [0, 0.1) is 6.92 Å². The SMILES string of the molecule is CCn1c(-c2ccc(Br)cc2C)ccc(Cl)c1=O. The van der Waals surface area contributed by atoms with Crippen molar-refractivity contribution in [3.8, 4) is 11.3 Å². The van der Waals surface area contributed by atoms with Crippen LogP contribution in [0.15, 0.2) is 39.6 Å². The second-order valence-corrected chi connectivity index (χ2v) is 5.40. The van der Waals surface area contributed by atoms with E-state index >= 15 is 0 Å². The van der Waals surface area contributed by atoms with Crippen LogP contribution in [0.5, 0.6) is 0 Å². The van der Waals surface area contributed by atoms with E-state index in [1.54, 1.807) is 10.6 Å². The highest BCUT2D eigenvalue weighted by molar-refractivity contribution is 9.10. The fraction of sp³-hybridized carbons (Fsp3) is 0.214. The van der Waals surface area contributed by atoms with E-state index in [9.17, 15) is 4.79 Å². The molecule has 0 N–H and O–H groups in total. The molecule has 0 saturated carbocycles. The third kappa shape index (κ3) is 2.38. The maximum absolute atomic E-state index is 12.0. The van der Waals surface area contributed by atoms with E-state index in [1.807, 2.05) is 38.1 Å². The molecule has 4 heteroatoms. The smallest absolute Gasteiger partial charge is 0.269 e. The summed E-state index contributed by atoms with van der Waals surface area (Å²) in [5.74, 6) is 0. The van der Waals surface area contributed by atoms with E-state index in [0.29, 0.717) is 6.54 Å². The number of nitrogens with zero attached hydrogens (tertiary/aromatic N) is 1. The van der Waals surface area contributed by atoms with Gasteiger partial charge in [0.05, 0.1) is 5.69 Å². The van der Waals surface area contributed by atoms with Gasteiger partial charge in [0.1, 0.15) is 5.02 Å². The largest absolute Gasteiger partial charge is 0.307 e. The summed E-state index contributed by atoms with van der Waals surface area (Å²) in [6, 6.07) is 9.57. The number of pyridine rings is 1. The van der Waals surface area contributed by atoms with Crippen molar-refractivity contribution in [1.29, 1.82) is 0 Å². The van der Waals surface area contributed by atoms with Crippen molar-refractivity contribution in [3.63, 3.8) is 0 Å². The minimum Gasteiger partial charge on any atom is -0.307 e. The number of aromatic nitrogens is 1. The zero-order chi connectivity index (χ0) is 13.3. The van der Waals surface area contributed by atoms with Gasteiger partial charge in [-0.1, -0.05) is 33.6 Å². The van der Waals surface area contributed by atoms with Crippen LogP contribution in [-0.2, 0) is 6.54 Å². The van der Waals surface area contributed by atoms with Crippen molar-refractivity contribution in [2.45, 2.75) is 20.4 Å². The summed E-state index contributed by atoms with van der Waals surface area (Å²) in [5.41, 5.74) is 2.93. The number of halogens is 2. The molecule has 0 radical (unpaired) electrons. The van der Waals surface area contributed by atoms with Crippen LogP contribution in [-0.4, -0.2) is 4.57 Å². The molecule has 0 aliphatic heterocycles. The fourth-order valence-corrected chi connectivity index (χ4v) is 2.66. The Morgan fingerprint density at radius 1 is 1.28 bits per heavy atom. The molecular formula is C14H13BrClNO. The first-order valence-corrected chi connectivity index (χ1v) is 6.87. The van der Waals surface area contributed by atoms with E-state index in [4.69, 9.17) is 11.6 Å². The summed E-state index contributed by atoms with van der Waals surface area (Å²) >= 11 is 9.32. The van der Waals surface area contributed by atoms with E-state index < -0.39 is 0 Å². The Bertz CT molecular complexity index is 649. The van der Waals surface area contributed by atoms with Gasteiger partial charge in [-0.25, -0.2) is 0 Å². The number of rotatable bonds is 2. The van der Waals surface area contributed by atoms with Gasteiger partial charge in [-0.05, 0) is 43.7 Å². The molecule has 0 fully saturated rings. The fourth-order valence-electron chi connectivity index (χ4n) is 2.02. The summed E-state index contributed by atoms with van der Waals surface area (Å²) in [6.45, 7) is 4.57. The van der Waals surface area contributed by atoms with Crippen LogP contribution < -0.4 is 5.56 Å². The second-order valence-electron chi connectivity index (χ2n) is 4.08. The van der Waals surface area contributed by atoms with Crippen LogP contribution in [0.1, 0.15) is 12.5 Å². The van der Waals surface area contributed by atoms with Crippen molar-refractivity contribution in [2.24, 2.45) is 0 Å². The summed E-state index contributed by atoms with van der Waals surface area (Å²) < 4.78 is 2.72. The van der Waals surface area contributed by atoms with Gasteiger partial charge in [0.15, 0.2) is 0 Å². The Balaban J connectivity index is 2.71. The third-order valence-electron chi connectivity index (χ3n) is 2.91. The topological polar surface area (TPSA) is 22.0 Å². The molecule has 18 heavy (non-hydrogen) atoms. The van der Waals surface area contributed by atoms with Gasteiger partial charge in [-0.15, -0.1) is 0 Å². The molecule has 0 bridgehead atoms. The van der Waals surface area contributed by atoms with Crippen LogP contribution in [0.25, 0.3) is 11.3 Å². The van der Waals surface area contributed by atoms with Gasteiger partial charge in [0, 0.05) is 16.6 Å². The summed E-state index contributed by atoms with van der Waals surface area (Å²) in [5, 5.41) is 0.260. The molecule has 0 atom stereocenters. The van der Waals surface area contributed by atoms with Crippen molar-refractivity contribution in [3.05, 3.63) is 55.7 Å². The lowest BCUT2D eigenvalue weighted by Gasteiger charge is -2.13. The van der Waals surface area contributed by atoms with Gasteiger partial charge in [0.25, 0.3) is 5.56 Å². The Kier molecular flexibility index (Phi) is 3.93. The van der Waals surface area contributed by atoms with Gasteiger partial charge in [-0.3, -0.25) is 4.79 Å². The van der Waals surface area contributed by atoms with E-state index in [-0.39, 0.29) is 10.6 Å². The maximum atomic E-state index is 12.0. The van der Waals surface area contributed by atoms with Gasteiger partial charge in [-0.2, -0.15) is 0 Å². The van der Waals surface area contributed by atoms with Crippen LogP contribution in [0.2, 0.25) is 5.02 Å². The average molecular weight is 327 g/mol. The molecule has 94 valence electrons. The van der Waals surface area contributed by atoms with Gasteiger partial charge in [0.2, 0.25) is 0 Å². The van der Waals surface area contributed by atoms with E-state index in [0.717, 1.165) is 21.3 Å². The second kappa shape index (κ2) is 5.29. The normalized spacial score (nSPS) is 10.7. The zero-order valence-electron chi connectivity index (χ0n) is 10.2. The molecule has 2 nitrogen and oxygen atoms in total. The molecule has 1 heterocycles. The first kappa shape index (κ1) is 13.4. The number of hydrogen-bond acceptors (Lipinski definition) is 1. The van der Waals surface area contributed by atoms with E-state index in [2.05, 4.69) is 15.9 Å². The minimum atomic E-state index is -0.140. The monoisotopic (exact) mass is 325 g/mol. The molecular weight excluding hydrogens is 314 g/mol. The highest BCUT2D eigenvalue weighted by atomic mass is 79.9. The van der Waals surface area contributed by atoms with Gasteiger partial charge >= 0.3 is 0 Å². The minimum absolute atomic E-state index is 0.140. The lowest BCUT2D eigenvalue weighted by Crippen LogP contribution is -2.21. The summed E-state index contributed by atoms with van der Waals surface area (Å²) in [4.78, 5) is 12.0. The molecule has 0 amide bonds. The molecule has 0 aliphatic rings. The Hall–Kier alpha value is -1.06. The Morgan fingerprint density at radius 3 is 2.61 bits per heavy atom. The Labute approximate surface area is 119 Å². The highest BCUT2D eigenvalue weighted by Crippen LogP contribution is 2.26. The standard InChI is InChI=1S/C14H13BrClNO/c1-3-17-13(7-6-12(16)14(17)18)11-5-4-10(15)8-9(11)2/h4-8H,3H2,1-2H3. The Morgan fingerprint density at radius 2 is 2.00 bits per heavy atom. The number of aryl methyl sites for hydroxylation is 1. The molecule has 2 aromatic rings. The molecule has 0 unspecified atom stereocenters. The van der Waals surface area contributed by atoms with Crippen molar-refractivity contribution in [2.75, 3.05) is 0 Å². The quantitative estimate of drug-likeness (QED) is 0.808. The van der Waals surface area contributed by atoms with Crippen molar-refractivity contribution < 1.29 is 0 Å². The third-order valence-corrected chi connectivity index (χ3v) is 3.69. The van der Waals surface area contributed by atoms with Crippen LogP contribution >= 0.6 is 27.5 Å². The first-order valence-electron chi connectivity index (χ1n) is 5.70. The van der Waals surface area contributed by atoms with Gasteiger partial charge < -0.3 is 4.57 Å². The van der Waals surface area contributed by atoms with Crippen LogP contribution in [0.4, 0.5) is 0 Å². The molecule has 0 spiro atoms. The predicted octanol–water partition coefficient (Wildman–Crippen LogP) is 4.26. The first-order chi connectivity index (χ1) is 8.54. The highest BCUT2D eigenvalue weighted by Gasteiger charge is 2.10. The molecule has 0 aliphatic carbocycles. The summed E-state index contributed by atoms with van der Waals surface area (Å²) in [7, 11) is 0. The molecule has 1 aromatic heterocycles. The van der Waals surface area contributed by atoms with Crippen molar-refractivity contribution >= 4 is 27.5 Å². The zero-order valence-corrected chi connectivity index (χ0v) is 12.5. The summed E-state index contributed by atoms with van der Waals surface area (Å²) in [6.07, 6.45) is 0. The predicted molar refractivity (Wildman–Crippen MR) is 79.3 cm³/mol. The van der Waals surface area contributed by atoms with E-state index in [1.165, 1.54) is 0 Å². The maximum Gasteiger partial charge on any atom is 0.269 e. The number of benzene rings is 1. The lowest BCUT2D eigenvalue weighted by atomic mass is 10.0. The lowest BCUT2D eigenvalue weighted by molar-refractivity contribution is 0.735. The van der Waals surface area contributed by atoms with Crippen molar-refractivity contribution in [1.82, 2.24) is 4.57 Å². The van der Waals surface area contributed by atoms with Crippen LogP contribution in [0.3, 0.4) is 0 Å². The average Bonchev–Trinajstić information content (AvgIpc) is 2.33. The molecule has 1 aromatic carbocycles. The number of hydrogen-bond donors (Lipinski definition) is 0. The molecule has 2 rings (SSSR count).